The number of halogens is 1. The van der Waals surface area contributed by atoms with Crippen molar-refractivity contribution in [3.63, 3.8) is 0 Å². The minimum atomic E-state index is -0.155. The number of fused-ring (bicyclic) bond motifs is 2. The Labute approximate surface area is 153 Å². The summed E-state index contributed by atoms with van der Waals surface area (Å²) in [6, 6.07) is 4.42. The SMILES string of the molecule is Cc1cc(CN(C(=O)CCl)c2ncc3c(n2)CCC3)cc2c1CCC2. The molecule has 130 valence electrons. The van der Waals surface area contributed by atoms with Crippen LogP contribution in [0.1, 0.15) is 46.4 Å². The Bertz CT molecular complexity index is 834. The standard InChI is InChI=1S/C20H22ClN3O/c1-13-8-14(9-15-4-2-6-17(13)15)12-24(19(25)10-21)20-22-11-16-5-3-7-18(16)23-20/h8-9,11H,2-7,10,12H2,1H3. The molecule has 0 saturated heterocycles. The lowest BCUT2D eigenvalue weighted by Crippen LogP contribution is -2.33. The van der Waals surface area contributed by atoms with Crippen LogP contribution in [0, 0.1) is 6.92 Å². The average Bonchev–Trinajstić information content (AvgIpc) is 3.27. The molecule has 4 rings (SSSR count). The monoisotopic (exact) mass is 355 g/mol. The van der Waals surface area contributed by atoms with Crippen molar-refractivity contribution in [1.82, 2.24) is 9.97 Å². The third-order valence-corrected chi connectivity index (χ3v) is 5.53. The number of rotatable bonds is 4. The molecule has 0 fully saturated rings. The van der Waals surface area contributed by atoms with Crippen molar-refractivity contribution < 1.29 is 4.79 Å². The molecule has 2 aliphatic carbocycles. The molecule has 0 bridgehead atoms. The minimum Gasteiger partial charge on any atom is -0.275 e. The third kappa shape index (κ3) is 3.15. The molecule has 1 heterocycles. The van der Waals surface area contributed by atoms with Crippen molar-refractivity contribution in [3.8, 4) is 0 Å². The molecule has 2 aromatic rings. The summed E-state index contributed by atoms with van der Waals surface area (Å²) in [7, 11) is 0. The first-order valence-corrected chi connectivity index (χ1v) is 9.51. The lowest BCUT2D eigenvalue weighted by atomic mass is 10.0. The van der Waals surface area contributed by atoms with E-state index >= 15 is 0 Å². The molecule has 0 N–H and O–H groups in total. The van der Waals surface area contributed by atoms with Gasteiger partial charge in [-0.05, 0) is 73.3 Å². The van der Waals surface area contributed by atoms with Crippen LogP contribution in [0.25, 0.3) is 0 Å². The summed E-state index contributed by atoms with van der Waals surface area (Å²) in [4.78, 5) is 23.2. The molecule has 1 aromatic carbocycles. The van der Waals surface area contributed by atoms with E-state index in [2.05, 4.69) is 29.0 Å². The Kier molecular flexibility index (Phi) is 4.46. The Hall–Kier alpha value is -1.94. The van der Waals surface area contributed by atoms with Gasteiger partial charge in [-0.25, -0.2) is 9.97 Å². The van der Waals surface area contributed by atoms with Gasteiger partial charge in [-0.1, -0.05) is 12.1 Å². The summed E-state index contributed by atoms with van der Waals surface area (Å²) in [5.74, 6) is 0.256. The van der Waals surface area contributed by atoms with E-state index in [1.54, 1.807) is 4.90 Å². The van der Waals surface area contributed by atoms with Crippen LogP contribution in [0.3, 0.4) is 0 Å². The van der Waals surface area contributed by atoms with E-state index in [1.807, 2.05) is 6.20 Å². The van der Waals surface area contributed by atoms with Crippen molar-refractivity contribution in [2.45, 2.75) is 52.0 Å². The van der Waals surface area contributed by atoms with E-state index in [0.29, 0.717) is 12.5 Å². The zero-order valence-corrected chi connectivity index (χ0v) is 15.3. The molecule has 1 aromatic heterocycles. The first kappa shape index (κ1) is 16.5. The smallest absolute Gasteiger partial charge is 0.244 e. The quantitative estimate of drug-likeness (QED) is 0.788. The highest BCUT2D eigenvalue weighted by molar-refractivity contribution is 6.29. The maximum Gasteiger partial charge on any atom is 0.244 e. The highest BCUT2D eigenvalue weighted by Gasteiger charge is 2.22. The van der Waals surface area contributed by atoms with Gasteiger partial charge in [0, 0.05) is 11.9 Å². The Balaban J connectivity index is 1.66. The van der Waals surface area contributed by atoms with E-state index < -0.39 is 0 Å². The number of aromatic nitrogens is 2. The van der Waals surface area contributed by atoms with Crippen LogP contribution in [0.5, 0.6) is 0 Å². The maximum absolute atomic E-state index is 12.4. The van der Waals surface area contributed by atoms with Crippen LogP contribution in [0.2, 0.25) is 0 Å². The zero-order valence-electron chi connectivity index (χ0n) is 14.5. The van der Waals surface area contributed by atoms with E-state index in [-0.39, 0.29) is 11.8 Å². The minimum absolute atomic E-state index is 0.0651. The molecule has 0 radical (unpaired) electrons. The second kappa shape index (κ2) is 6.75. The highest BCUT2D eigenvalue weighted by atomic mass is 35.5. The van der Waals surface area contributed by atoms with E-state index in [1.165, 1.54) is 35.1 Å². The summed E-state index contributed by atoms with van der Waals surface area (Å²) >= 11 is 5.86. The molecule has 5 heteroatoms. The van der Waals surface area contributed by atoms with Crippen molar-refractivity contribution in [2.24, 2.45) is 0 Å². The number of nitrogens with zero attached hydrogens (tertiary/aromatic N) is 3. The first-order valence-electron chi connectivity index (χ1n) is 8.98. The predicted octanol–water partition coefficient (Wildman–Crippen LogP) is 3.53. The van der Waals surface area contributed by atoms with E-state index in [0.717, 1.165) is 36.9 Å². The fourth-order valence-corrected chi connectivity index (χ4v) is 4.20. The van der Waals surface area contributed by atoms with Crippen LogP contribution < -0.4 is 4.90 Å². The normalized spacial score (nSPS) is 15.1. The van der Waals surface area contributed by atoms with Crippen LogP contribution >= 0.6 is 11.6 Å². The highest BCUT2D eigenvalue weighted by Crippen LogP contribution is 2.28. The molecule has 0 unspecified atom stereocenters. The molecule has 25 heavy (non-hydrogen) atoms. The number of aryl methyl sites for hydroxylation is 4. The summed E-state index contributed by atoms with van der Waals surface area (Å²) in [5.41, 5.74) is 7.62. The number of carbonyl (C=O) groups is 1. The van der Waals surface area contributed by atoms with Gasteiger partial charge in [0.2, 0.25) is 11.9 Å². The lowest BCUT2D eigenvalue weighted by molar-refractivity contribution is -0.116. The third-order valence-electron chi connectivity index (χ3n) is 5.30. The van der Waals surface area contributed by atoms with Crippen LogP contribution in [0.4, 0.5) is 5.95 Å². The zero-order chi connectivity index (χ0) is 17.4. The topological polar surface area (TPSA) is 46.1 Å². The van der Waals surface area contributed by atoms with Gasteiger partial charge in [0.25, 0.3) is 0 Å². The predicted molar refractivity (Wildman–Crippen MR) is 99.2 cm³/mol. The Morgan fingerprint density at radius 2 is 1.96 bits per heavy atom. The number of anilines is 1. The van der Waals surface area contributed by atoms with Crippen LogP contribution in [-0.2, 0) is 37.0 Å². The molecular weight excluding hydrogens is 334 g/mol. The number of benzene rings is 1. The fourth-order valence-electron chi connectivity index (χ4n) is 4.06. The molecular formula is C20H22ClN3O. The lowest BCUT2D eigenvalue weighted by Gasteiger charge is -2.21. The fraction of sp³-hybridized carbons (Fsp3) is 0.450. The number of alkyl halides is 1. The number of hydrogen-bond donors (Lipinski definition) is 0. The van der Waals surface area contributed by atoms with E-state index in [4.69, 9.17) is 11.6 Å². The van der Waals surface area contributed by atoms with Crippen LogP contribution in [-0.4, -0.2) is 21.8 Å². The molecule has 2 aliphatic rings. The summed E-state index contributed by atoms with van der Waals surface area (Å²) in [6.45, 7) is 2.63. The largest absolute Gasteiger partial charge is 0.275 e. The molecule has 0 aliphatic heterocycles. The van der Waals surface area contributed by atoms with Crippen molar-refractivity contribution in [2.75, 3.05) is 10.8 Å². The van der Waals surface area contributed by atoms with Gasteiger partial charge >= 0.3 is 0 Å². The summed E-state index contributed by atoms with van der Waals surface area (Å²) in [5, 5.41) is 0. The maximum atomic E-state index is 12.4. The van der Waals surface area contributed by atoms with Crippen molar-refractivity contribution in [1.29, 1.82) is 0 Å². The second-order valence-corrected chi connectivity index (χ2v) is 7.28. The second-order valence-electron chi connectivity index (χ2n) is 7.01. The van der Waals surface area contributed by atoms with Gasteiger partial charge in [0.15, 0.2) is 0 Å². The van der Waals surface area contributed by atoms with Crippen molar-refractivity contribution >= 4 is 23.5 Å². The van der Waals surface area contributed by atoms with Gasteiger partial charge in [0.05, 0.1) is 6.54 Å². The van der Waals surface area contributed by atoms with Crippen molar-refractivity contribution in [3.05, 3.63) is 51.8 Å². The average molecular weight is 356 g/mol. The summed E-state index contributed by atoms with van der Waals surface area (Å²) < 4.78 is 0. The summed E-state index contributed by atoms with van der Waals surface area (Å²) in [6.07, 6.45) is 8.49. The van der Waals surface area contributed by atoms with Gasteiger partial charge in [-0.15, -0.1) is 11.6 Å². The molecule has 0 atom stereocenters. The number of hydrogen-bond acceptors (Lipinski definition) is 3. The number of amides is 1. The Morgan fingerprint density at radius 3 is 2.80 bits per heavy atom. The van der Waals surface area contributed by atoms with Crippen LogP contribution in [0.15, 0.2) is 18.3 Å². The van der Waals surface area contributed by atoms with Gasteiger partial charge in [0.1, 0.15) is 5.88 Å². The van der Waals surface area contributed by atoms with Gasteiger partial charge in [-0.2, -0.15) is 0 Å². The van der Waals surface area contributed by atoms with Gasteiger partial charge < -0.3 is 0 Å². The van der Waals surface area contributed by atoms with Gasteiger partial charge in [-0.3, -0.25) is 9.69 Å². The molecule has 4 nitrogen and oxygen atoms in total. The molecule has 0 spiro atoms. The molecule has 1 amide bonds. The Morgan fingerprint density at radius 1 is 1.16 bits per heavy atom. The number of carbonyl (C=O) groups excluding carboxylic acids is 1. The van der Waals surface area contributed by atoms with E-state index in [9.17, 15) is 4.79 Å². The first-order chi connectivity index (χ1) is 12.2. The molecule has 0 saturated carbocycles.